The minimum absolute atomic E-state index is 0.0251. The fourth-order valence-corrected chi connectivity index (χ4v) is 9.34. The van der Waals surface area contributed by atoms with Crippen LogP contribution in [0.25, 0.3) is 44.6 Å². The Labute approximate surface area is 410 Å². The van der Waals surface area contributed by atoms with Gasteiger partial charge in [-0.05, 0) is 101 Å². The lowest BCUT2D eigenvalue weighted by Gasteiger charge is -2.39. The molecule has 0 bridgehead atoms. The van der Waals surface area contributed by atoms with Crippen LogP contribution in [0, 0.1) is 10.8 Å². The van der Waals surface area contributed by atoms with E-state index in [0.717, 1.165) is 76.7 Å². The number of halogens is 3. The monoisotopic (exact) mass is 984 g/mol. The minimum atomic E-state index is -4.64. The Hall–Kier alpha value is -6.25. The molecule has 20 heteroatoms. The molecule has 2 aliphatic heterocycles. The molecule has 71 heavy (non-hydrogen) atoms. The topological polar surface area (TPSA) is 205 Å². The van der Waals surface area contributed by atoms with E-state index >= 15 is 0 Å². The largest absolute Gasteiger partial charge is 0.471 e. The van der Waals surface area contributed by atoms with Crippen molar-refractivity contribution in [2.24, 2.45) is 24.9 Å². The third-order valence-corrected chi connectivity index (χ3v) is 14.0. The fourth-order valence-electron chi connectivity index (χ4n) is 9.34. The van der Waals surface area contributed by atoms with E-state index in [9.17, 15) is 28.2 Å². The number of hydrogen-bond donors (Lipinski definition) is 3. The van der Waals surface area contributed by atoms with E-state index in [1.807, 2.05) is 82.3 Å². The molecule has 4 aliphatic rings. The number of aldehydes is 1. The van der Waals surface area contributed by atoms with Crippen LogP contribution < -0.4 is 14.8 Å². The number of carbonyl (C=O) groups is 2. The van der Waals surface area contributed by atoms with Crippen LogP contribution in [0.2, 0.25) is 0 Å². The fraction of sp³-hybridized carbons (Fsp3) is 0.529. The molecule has 4 fully saturated rings. The average molecular weight is 985 g/mol. The summed E-state index contributed by atoms with van der Waals surface area (Å²) in [5.41, 5.74) is 6.83. The van der Waals surface area contributed by atoms with Crippen LogP contribution in [-0.2, 0) is 23.6 Å². The summed E-state index contributed by atoms with van der Waals surface area (Å²) in [6.07, 6.45) is 7.43. The zero-order chi connectivity index (χ0) is 50.9. The van der Waals surface area contributed by atoms with Gasteiger partial charge in [-0.2, -0.15) is 23.4 Å². The van der Waals surface area contributed by atoms with Crippen molar-refractivity contribution in [2.45, 2.75) is 109 Å². The van der Waals surface area contributed by atoms with Crippen molar-refractivity contribution in [3.8, 4) is 34.5 Å². The average Bonchev–Trinajstić information content (AvgIpc) is 4.26. The van der Waals surface area contributed by atoms with Crippen molar-refractivity contribution in [3.05, 3.63) is 72.3 Å². The van der Waals surface area contributed by atoms with Crippen molar-refractivity contribution in [3.63, 3.8) is 0 Å². The van der Waals surface area contributed by atoms with Crippen molar-refractivity contribution in [1.29, 1.82) is 0 Å². The number of ether oxygens (including phenoxy) is 3. The van der Waals surface area contributed by atoms with Crippen molar-refractivity contribution in [2.75, 3.05) is 39.4 Å². The van der Waals surface area contributed by atoms with Gasteiger partial charge in [0.2, 0.25) is 18.0 Å². The smallest absolute Gasteiger partial charge is 0.446 e. The van der Waals surface area contributed by atoms with Gasteiger partial charge in [0, 0.05) is 73.8 Å². The number of nitrogens with zero attached hydrogens (tertiary/aromatic N) is 9. The number of carbonyl (C=O) groups excluding carboxylic acids is 2. The molecule has 2 aromatic carbocycles. The number of piperidine rings is 2. The van der Waals surface area contributed by atoms with Crippen molar-refractivity contribution < 1.29 is 47.2 Å². The zero-order valence-corrected chi connectivity index (χ0v) is 41.2. The molecule has 6 heterocycles. The summed E-state index contributed by atoms with van der Waals surface area (Å²) in [7, 11) is 3.83. The van der Waals surface area contributed by atoms with E-state index in [4.69, 9.17) is 39.2 Å². The van der Waals surface area contributed by atoms with Gasteiger partial charge >= 0.3 is 12.3 Å². The number of likely N-dealkylation sites (tertiary alicyclic amines) is 1. The second-order valence-electron chi connectivity index (χ2n) is 20.4. The maximum Gasteiger partial charge on any atom is 0.446 e. The lowest BCUT2D eigenvalue weighted by atomic mass is 9.90. The van der Waals surface area contributed by atoms with Gasteiger partial charge in [-0.15, -0.1) is 0 Å². The number of fused-ring (bicyclic) bond motifs is 2. The Morgan fingerprint density at radius 1 is 0.775 bits per heavy atom. The number of aromatic nitrogens is 8. The second-order valence-corrected chi connectivity index (χ2v) is 20.4. The van der Waals surface area contributed by atoms with Crippen LogP contribution in [0.3, 0.4) is 0 Å². The van der Waals surface area contributed by atoms with Gasteiger partial charge in [0.1, 0.15) is 40.6 Å². The first kappa shape index (κ1) is 51.1. The summed E-state index contributed by atoms with van der Waals surface area (Å²) >= 11 is 0. The molecule has 2 unspecified atom stereocenters. The molecule has 17 nitrogen and oxygen atoms in total. The Morgan fingerprint density at radius 2 is 1.25 bits per heavy atom. The van der Waals surface area contributed by atoms with Gasteiger partial charge in [0.25, 0.3) is 0 Å². The number of benzene rings is 2. The third-order valence-electron chi connectivity index (χ3n) is 14.0. The normalized spacial score (nSPS) is 19.8. The van der Waals surface area contributed by atoms with Crippen LogP contribution in [0.5, 0.6) is 11.8 Å². The van der Waals surface area contributed by atoms with Gasteiger partial charge in [0.05, 0.1) is 42.4 Å². The number of rotatable bonds is 10. The molecule has 1 amide bonds. The summed E-state index contributed by atoms with van der Waals surface area (Å²) in [6, 6.07) is 12.3. The van der Waals surface area contributed by atoms with Crippen LogP contribution in [0.1, 0.15) is 96.1 Å². The molecule has 10 rings (SSSR count). The van der Waals surface area contributed by atoms with Gasteiger partial charge in [-0.3, -0.25) is 24.1 Å². The molecule has 2 saturated heterocycles. The van der Waals surface area contributed by atoms with Gasteiger partial charge < -0.3 is 34.6 Å². The second kappa shape index (κ2) is 20.5. The molecule has 0 radical (unpaired) electrons. The highest BCUT2D eigenvalue weighted by Crippen LogP contribution is 2.55. The molecule has 6 aromatic rings. The number of alkyl halides is 3. The first-order valence-electron chi connectivity index (χ1n) is 24.1. The SMILES string of the molecule is CC(CO)c1ccc2c(c1)c(-c1cncc(O[C@H]3CN(C(=O)OC(C)(C)C)CCC34CC4)n1)nn2C.CC(CO)c1ccc2c(c1)c(-c1cncc(O[C@H]3CNCCC34CC4)n1)nn2C.O=CC(F)(F)F. The number of amides is 1. The summed E-state index contributed by atoms with van der Waals surface area (Å²) in [4.78, 5) is 41.5. The molecular formula is C51H63F3N10O7. The van der Waals surface area contributed by atoms with Crippen molar-refractivity contribution in [1.82, 2.24) is 49.7 Å². The quantitative estimate of drug-likeness (QED) is 0.113. The summed E-state index contributed by atoms with van der Waals surface area (Å²) in [5.74, 6) is 1.08. The molecule has 2 saturated carbocycles. The van der Waals surface area contributed by atoms with E-state index < -0.39 is 18.1 Å². The van der Waals surface area contributed by atoms with Crippen LogP contribution in [-0.4, -0.2) is 130 Å². The summed E-state index contributed by atoms with van der Waals surface area (Å²) < 4.78 is 53.2. The summed E-state index contributed by atoms with van der Waals surface area (Å²) in [6.45, 7) is 12.9. The van der Waals surface area contributed by atoms with Crippen molar-refractivity contribution >= 4 is 34.2 Å². The van der Waals surface area contributed by atoms with E-state index in [0.29, 0.717) is 41.7 Å². The predicted molar refractivity (Wildman–Crippen MR) is 259 cm³/mol. The van der Waals surface area contributed by atoms with E-state index in [2.05, 4.69) is 27.4 Å². The molecular weight excluding hydrogens is 922 g/mol. The van der Waals surface area contributed by atoms with Crippen LogP contribution in [0.4, 0.5) is 18.0 Å². The Balaban J connectivity index is 0.000000174. The first-order chi connectivity index (χ1) is 33.7. The molecule has 3 N–H and O–H groups in total. The number of hydrogen-bond acceptors (Lipinski definition) is 14. The Kier molecular flexibility index (Phi) is 14.7. The Morgan fingerprint density at radius 3 is 1.70 bits per heavy atom. The lowest BCUT2D eigenvalue weighted by molar-refractivity contribution is -0.156. The summed E-state index contributed by atoms with van der Waals surface area (Å²) in [5, 5.41) is 33.9. The highest BCUT2D eigenvalue weighted by molar-refractivity contribution is 5.94. The van der Waals surface area contributed by atoms with E-state index in [1.165, 1.54) is 19.3 Å². The highest BCUT2D eigenvalue weighted by Gasteiger charge is 2.55. The number of aliphatic hydroxyl groups excluding tert-OH is 2. The highest BCUT2D eigenvalue weighted by atomic mass is 19.4. The number of aryl methyl sites for hydroxylation is 2. The minimum Gasteiger partial charge on any atom is -0.471 e. The van der Waals surface area contributed by atoms with Gasteiger partial charge in [-0.25, -0.2) is 14.8 Å². The zero-order valence-electron chi connectivity index (χ0n) is 41.2. The van der Waals surface area contributed by atoms with Gasteiger partial charge in [0.15, 0.2) is 0 Å². The maximum atomic E-state index is 12.7. The molecule has 4 aromatic heterocycles. The van der Waals surface area contributed by atoms with Crippen LogP contribution >= 0.6 is 0 Å². The standard InChI is InChI=1S/C27H35N5O4.C22H27N5O2.C2HF3O/c1-17(16-33)18-6-7-21-19(12-18)24(30-31(21)5)20-13-28-14-23(29-20)35-22-15-32(11-10-27(22)8-9-27)25(34)36-26(2,3)4;1-14(13-28)15-3-4-18-16(9-15)21(26-27(18)2)17-10-24-12-20(25-17)29-19-11-23-8-7-22(19)5-6-22;3-2(4,5)1-6/h6-7,12-14,17,22,33H,8-11,15-16H2,1-5H3;3-4,9-10,12,14,19,23,28H,5-8,11,13H2,1-2H3;1H/t17?,22-;14?,19-;/m00./s1. The van der Waals surface area contributed by atoms with E-state index in [1.54, 1.807) is 29.7 Å². The lowest BCUT2D eigenvalue weighted by Crippen LogP contribution is -2.51. The Bertz CT molecular complexity index is 2860. The molecule has 380 valence electrons. The molecule has 2 spiro atoms. The third kappa shape index (κ3) is 11.8. The number of aliphatic hydroxyl groups is 2. The van der Waals surface area contributed by atoms with Crippen LogP contribution in [0.15, 0.2) is 61.2 Å². The molecule has 4 atom stereocenters. The predicted octanol–water partition coefficient (Wildman–Crippen LogP) is 7.69. The molecule has 2 aliphatic carbocycles. The van der Waals surface area contributed by atoms with Gasteiger partial charge in [-0.1, -0.05) is 26.0 Å². The maximum absolute atomic E-state index is 12.7. The van der Waals surface area contributed by atoms with E-state index in [-0.39, 0.29) is 48.8 Å². The first-order valence-corrected chi connectivity index (χ1v) is 24.1. The number of nitrogens with one attached hydrogen (secondary N) is 1.